The first-order valence-electron chi connectivity index (χ1n) is 12.0. The molecule has 5 rings (SSSR count). The molecule has 2 fully saturated rings. The van der Waals surface area contributed by atoms with Crippen LogP contribution in [-0.2, 0) is 0 Å². The van der Waals surface area contributed by atoms with Crippen LogP contribution in [0.2, 0.25) is 0 Å². The van der Waals surface area contributed by atoms with Gasteiger partial charge in [0.25, 0.3) is 0 Å². The van der Waals surface area contributed by atoms with E-state index >= 15 is 4.39 Å². The second-order valence-corrected chi connectivity index (χ2v) is 10.3. The molecule has 1 spiro atoms. The van der Waals surface area contributed by atoms with E-state index in [1.165, 1.54) is 25.9 Å². The van der Waals surface area contributed by atoms with Crippen molar-refractivity contribution < 1.29 is 4.39 Å². The van der Waals surface area contributed by atoms with Crippen molar-refractivity contribution in [2.45, 2.75) is 58.4 Å². The lowest BCUT2D eigenvalue weighted by Crippen LogP contribution is -2.55. The zero-order chi connectivity index (χ0) is 23.2. The summed E-state index contributed by atoms with van der Waals surface area (Å²) < 4.78 is 17.0. The Balaban J connectivity index is 1.29. The third-order valence-electron chi connectivity index (χ3n) is 7.33. The summed E-state index contributed by atoms with van der Waals surface area (Å²) in [6.07, 6.45) is 10.2. The highest BCUT2D eigenvalue weighted by atomic mass is 19.1. The summed E-state index contributed by atoms with van der Waals surface area (Å²) >= 11 is 0. The van der Waals surface area contributed by atoms with Gasteiger partial charge >= 0.3 is 0 Å². The van der Waals surface area contributed by atoms with Gasteiger partial charge in [-0.05, 0) is 88.1 Å². The van der Waals surface area contributed by atoms with Gasteiger partial charge in [0.1, 0.15) is 5.82 Å². The molecule has 1 aliphatic carbocycles. The second-order valence-electron chi connectivity index (χ2n) is 10.3. The normalized spacial score (nSPS) is 18.6. The van der Waals surface area contributed by atoms with Crippen LogP contribution in [0, 0.1) is 18.2 Å². The molecule has 7 heteroatoms. The molecule has 3 heterocycles. The Kier molecular flexibility index (Phi) is 5.69. The highest BCUT2D eigenvalue weighted by molar-refractivity contribution is 5.64. The molecule has 174 valence electrons. The minimum atomic E-state index is -0.141. The molecule has 1 saturated carbocycles. The first-order valence-corrected chi connectivity index (χ1v) is 12.0. The Labute approximate surface area is 195 Å². The van der Waals surface area contributed by atoms with Gasteiger partial charge in [-0.1, -0.05) is 6.07 Å². The molecule has 1 saturated heterocycles. The number of hydrogen-bond acceptors (Lipinski definition) is 5. The maximum Gasteiger partial charge on any atom is 0.227 e. The Hall–Kier alpha value is -2.80. The van der Waals surface area contributed by atoms with E-state index in [1.807, 2.05) is 36.1 Å². The Morgan fingerprint density at radius 1 is 1.15 bits per heavy atom. The van der Waals surface area contributed by atoms with E-state index in [1.54, 1.807) is 12.3 Å². The van der Waals surface area contributed by atoms with Crippen LogP contribution in [0.4, 0.5) is 16.0 Å². The van der Waals surface area contributed by atoms with Crippen molar-refractivity contribution in [1.29, 1.82) is 0 Å². The maximum absolute atomic E-state index is 15.1. The minimum absolute atomic E-state index is 0.141. The Bertz CT molecular complexity index is 1140. The predicted molar refractivity (Wildman–Crippen MR) is 129 cm³/mol. The molecule has 33 heavy (non-hydrogen) atoms. The number of likely N-dealkylation sites (tertiary alicyclic amines) is 1. The molecule has 0 radical (unpaired) electrons. The largest absolute Gasteiger partial charge is 0.324 e. The molecule has 1 aromatic carbocycles. The number of hydrogen-bond donors (Lipinski definition) is 1. The topological polar surface area (TPSA) is 58.9 Å². The standard InChI is InChI=1S/C26H33FN6/c1-17(2)33-14-20(13-29-33)24-18(3)12-28-25(31-24)30-21-5-6-22(23(27)11-21)19-7-9-26(10-8-19)15-32(4)16-26/h5-6,11-14,17,19H,7-10,15-16H2,1-4H3,(H,28,30,31). The van der Waals surface area contributed by atoms with E-state index in [0.717, 1.165) is 35.2 Å². The third-order valence-corrected chi connectivity index (χ3v) is 7.33. The summed E-state index contributed by atoms with van der Waals surface area (Å²) in [7, 11) is 2.18. The van der Waals surface area contributed by atoms with E-state index in [9.17, 15) is 0 Å². The average molecular weight is 449 g/mol. The molecule has 2 aromatic heterocycles. The summed E-state index contributed by atoms with van der Waals surface area (Å²) in [5.41, 5.74) is 4.75. The van der Waals surface area contributed by atoms with E-state index in [4.69, 9.17) is 0 Å². The van der Waals surface area contributed by atoms with Crippen molar-refractivity contribution in [3.63, 3.8) is 0 Å². The molecule has 0 atom stereocenters. The van der Waals surface area contributed by atoms with Crippen LogP contribution in [0.25, 0.3) is 11.3 Å². The predicted octanol–water partition coefficient (Wildman–Crippen LogP) is 5.70. The summed E-state index contributed by atoms with van der Waals surface area (Å²) in [4.78, 5) is 11.5. The molecule has 0 unspecified atom stereocenters. The van der Waals surface area contributed by atoms with Crippen LogP contribution in [0.5, 0.6) is 0 Å². The quantitative estimate of drug-likeness (QED) is 0.542. The fraction of sp³-hybridized carbons (Fsp3) is 0.500. The van der Waals surface area contributed by atoms with Gasteiger partial charge in [-0.25, -0.2) is 14.4 Å². The lowest BCUT2D eigenvalue weighted by Gasteiger charge is -2.52. The fourth-order valence-electron chi connectivity index (χ4n) is 5.56. The first-order chi connectivity index (χ1) is 15.8. The summed E-state index contributed by atoms with van der Waals surface area (Å²) in [5.74, 6) is 0.626. The highest BCUT2D eigenvalue weighted by Crippen LogP contribution is 2.48. The molecule has 3 aromatic rings. The fourth-order valence-corrected chi connectivity index (χ4v) is 5.56. The van der Waals surface area contributed by atoms with Gasteiger partial charge in [-0.2, -0.15) is 5.10 Å². The van der Waals surface area contributed by atoms with Crippen LogP contribution in [0.1, 0.15) is 62.6 Å². The van der Waals surface area contributed by atoms with Gasteiger partial charge in [0.2, 0.25) is 5.95 Å². The zero-order valence-electron chi connectivity index (χ0n) is 20.0. The Morgan fingerprint density at radius 3 is 2.55 bits per heavy atom. The number of anilines is 2. The van der Waals surface area contributed by atoms with Crippen LogP contribution in [0.15, 0.2) is 36.8 Å². The maximum atomic E-state index is 15.1. The van der Waals surface area contributed by atoms with Crippen LogP contribution < -0.4 is 5.32 Å². The molecule has 0 amide bonds. The van der Waals surface area contributed by atoms with Gasteiger partial charge < -0.3 is 10.2 Å². The molecule has 0 bridgehead atoms. The summed E-state index contributed by atoms with van der Waals surface area (Å²) in [6.45, 7) is 8.55. The summed E-state index contributed by atoms with van der Waals surface area (Å²) in [6, 6.07) is 5.75. The van der Waals surface area contributed by atoms with Gasteiger partial charge in [0.15, 0.2) is 0 Å². The molecule has 1 aliphatic heterocycles. The monoisotopic (exact) mass is 448 g/mol. The van der Waals surface area contributed by atoms with Crippen molar-refractivity contribution in [2.24, 2.45) is 5.41 Å². The Morgan fingerprint density at radius 2 is 1.91 bits per heavy atom. The van der Waals surface area contributed by atoms with E-state index in [-0.39, 0.29) is 11.9 Å². The smallest absolute Gasteiger partial charge is 0.227 e. The van der Waals surface area contributed by atoms with Gasteiger partial charge in [0, 0.05) is 42.8 Å². The van der Waals surface area contributed by atoms with Gasteiger partial charge in [-0.15, -0.1) is 0 Å². The number of aromatic nitrogens is 4. The lowest BCUT2D eigenvalue weighted by atomic mass is 9.65. The third kappa shape index (κ3) is 4.38. The van der Waals surface area contributed by atoms with E-state index in [0.29, 0.717) is 23.0 Å². The van der Waals surface area contributed by atoms with Gasteiger partial charge in [-0.3, -0.25) is 4.68 Å². The second kappa shape index (κ2) is 8.52. The molecular weight excluding hydrogens is 415 g/mol. The van der Waals surface area contributed by atoms with Crippen molar-refractivity contribution in [1.82, 2.24) is 24.6 Å². The average Bonchev–Trinajstić information content (AvgIpc) is 3.26. The van der Waals surface area contributed by atoms with E-state index in [2.05, 4.69) is 46.2 Å². The van der Waals surface area contributed by atoms with Crippen molar-refractivity contribution >= 4 is 11.6 Å². The molecule has 6 nitrogen and oxygen atoms in total. The number of nitrogens with one attached hydrogen (secondary N) is 1. The number of nitrogens with zero attached hydrogens (tertiary/aromatic N) is 5. The van der Waals surface area contributed by atoms with Crippen molar-refractivity contribution in [2.75, 3.05) is 25.5 Å². The van der Waals surface area contributed by atoms with Crippen LogP contribution >= 0.6 is 0 Å². The van der Waals surface area contributed by atoms with Gasteiger partial charge in [0.05, 0.1) is 11.9 Å². The van der Waals surface area contributed by atoms with Crippen molar-refractivity contribution in [3.05, 3.63) is 53.7 Å². The lowest BCUT2D eigenvalue weighted by molar-refractivity contribution is -0.0139. The van der Waals surface area contributed by atoms with Crippen LogP contribution in [-0.4, -0.2) is 44.8 Å². The van der Waals surface area contributed by atoms with Crippen molar-refractivity contribution in [3.8, 4) is 11.3 Å². The van der Waals surface area contributed by atoms with Crippen LogP contribution in [0.3, 0.4) is 0 Å². The number of halogens is 1. The highest BCUT2D eigenvalue weighted by Gasteiger charge is 2.43. The SMILES string of the molecule is Cc1cnc(Nc2ccc(C3CCC4(CC3)CN(C)C4)c(F)c2)nc1-c1cnn(C(C)C)c1. The first kappa shape index (κ1) is 22.0. The molecule has 1 N–H and O–H groups in total. The molecule has 2 aliphatic rings. The number of benzene rings is 1. The summed E-state index contributed by atoms with van der Waals surface area (Å²) in [5, 5.41) is 7.60. The number of rotatable bonds is 5. The number of aryl methyl sites for hydroxylation is 1. The zero-order valence-corrected chi connectivity index (χ0v) is 20.0. The molecular formula is C26H33FN6. The minimum Gasteiger partial charge on any atom is -0.324 e. The van der Waals surface area contributed by atoms with E-state index < -0.39 is 0 Å².